The molecule has 25 nitrogen and oxygen atoms in total. The molecule has 3 heterocycles. The first-order valence-electron chi connectivity index (χ1n) is 24.0. The van der Waals surface area contributed by atoms with Gasteiger partial charge >= 0.3 is 11.9 Å². The number of carbonyl (C=O) groups is 10. The van der Waals surface area contributed by atoms with Gasteiger partial charge in [0.1, 0.15) is 42.3 Å². The largest absolute Gasteiger partial charge is 0.481 e. The van der Waals surface area contributed by atoms with E-state index in [1.165, 1.54) is 29.9 Å². The van der Waals surface area contributed by atoms with Crippen LogP contribution in [0.2, 0.25) is 0 Å². The van der Waals surface area contributed by atoms with Crippen molar-refractivity contribution in [2.45, 2.75) is 155 Å². The number of hydrogen-bond donors (Lipinski definition) is 12. The number of nitrogens with two attached hydrogens (primary N) is 1. The molecule has 394 valence electrons. The van der Waals surface area contributed by atoms with Crippen molar-refractivity contribution in [3.8, 4) is 0 Å². The molecule has 9 atom stereocenters. The lowest BCUT2D eigenvalue weighted by Crippen LogP contribution is -2.61. The molecule has 25 heteroatoms. The molecular formula is C46H73N13O12. The van der Waals surface area contributed by atoms with Crippen molar-refractivity contribution in [2.24, 2.45) is 29.4 Å². The minimum atomic E-state index is -1.50. The van der Waals surface area contributed by atoms with Crippen LogP contribution in [0.1, 0.15) is 105 Å². The maximum absolute atomic E-state index is 14.4. The number of aromatic nitrogens is 4. The number of nitrogens with zero attached hydrogens (tertiary/aromatic N) is 3. The fraction of sp³-hybridized carbons (Fsp3) is 0.652. The van der Waals surface area contributed by atoms with E-state index in [1.54, 1.807) is 27.7 Å². The van der Waals surface area contributed by atoms with Gasteiger partial charge in [-0.15, -0.1) is 0 Å². The van der Waals surface area contributed by atoms with Crippen molar-refractivity contribution in [1.29, 1.82) is 0 Å². The van der Waals surface area contributed by atoms with Crippen LogP contribution in [0.4, 0.5) is 0 Å². The topological polar surface area (TPSA) is 382 Å². The number of imidazole rings is 2. The van der Waals surface area contributed by atoms with Gasteiger partial charge in [0.15, 0.2) is 0 Å². The zero-order valence-corrected chi connectivity index (χ0v) is 41.7. The minimum Gasteiger partial charge on any atom is -0.481 e. The first kappa shape index (κ1) is 58.4. The molecule has 0 bridgehead atoms. The van der Waals surface area contributed by atoms with Crippen molar-refractivity contribution in [2.75, 3.05) is 13.1 Å². The van der Waals surface area contributed by atoms with Crippen LogP contribution in [-0.2, 0) is 60.8 Å². The van der Waals surface area contributed by atoms with Crippen molar-refractivity contribution in [3.63, 3.8) is 0 Å². The SMILES string of the molecule is CC[C@H](C)[C@H](N)C(=O)N[C@@H](CC(C)C)C(=O)N[C@@H](Cc1cnc[nH]1)C(=O)N[C@@H](CCC(=O)O)C(=O)N1CCC[C@H]1C(=O)N[C@H](C(=O)N[C@@H](Cc1cnc[nH]1)C(=O)NCC(=O)N[C@H](C(=O)O)C(C)C)C(C)C. The monoisotopic (exact) mass is 1000 g/mol. The quantitative estimate of drug-likeness (QED) is 0.0447. The summed E-state index contributed by atoms with van der Waals surface area (Å²) in [4.78, 5) is 148. The molecule has 1 saturated heterocycles. The van der Waals surface area contributed by atoms with Gasteiger partial charge in [-0.1, -0.05) is 61.8 Å². The highest BCUT2D eigenvalue weighted by Crippen LogP contribution is 2.21. The molecule has 8 amide bonds. The zero-order valence-electron chi connectivity index (χ0n) is 41.7. The number of aliphatic carboxylic acids is 2. The predicted molar refractivity (Wildman–Crippen MR) is 255 cm³/mol. The van der Waals surface area contributed by atoms with E-state index < -0.39 is 139 Å². The van der Waals surface area contributed by atoms with E-state index >= 15 is 0 Å². The molecular weight excluding hydrogens is 927 g/mol. The lowest BCUT2D eigenvalue weighted by atomic mass is 9.97. The smallest absolute Gasteiger partial charge is 0.326 e. The Morgan fingerprint density at radius 3 is 1.75 bits per heavy atom. The summed E-state index contributed by atoms with van der Waals surface area (Å²) < 4.78 is 0. The molecule has 2 aromatic heterocycles. The third-order valence-corrected chi connectivity index (χ3v) is 12.1. The number of nitrogens with one attached hydrogen (secondary N) is 9. The Bertz CT molecular complexity index is 2130. The third-order valence-electron chi connectivity index (χ3n) is 12.1. The number of carboxylic acids is 2. The number of aromatic amines is 2. The van der Waals surface area contributed by atoms with Gasteiger partial charge in [0, 0.05) is 49.6 Å². The van der Waals surface area contributed by atoms with Crippen LogP contribution in [0.3, 0.4) is 0 Å². The number of carbonyl (C=O) groups excluding carboxylic acids is 8. The van der Waals surface area contributed by atoms with Crippen LogP contribution < -0.4 is 43.0 Å². The molecule has 0 unspecified atom stereocenters. The Hall–Kier alpha value is -6.92. The highest BCUT2D eigenvalue weighted by Gasteiger charge is 2.41. The van der Waals surface area contributed by atoms with E-state index in [-0.39, 0.29) is 44.1 Å². The van der Waals surface area contributed by atoms with Gasteiger partial charge in [0.25, 0.3) is 0 Å². The molecule has 0 aliphatic carbocycles. The first-order valence-corrected chi connectivity index (χ1v) is 24.0. The first-order chi connectivity index (χ1) is 33.4. The summed E-state index contributed by atoms with van der Waals surface area (Å²) in [7, 11) is 0. The highest BCUT2D eigenvalue weighted by molar-refractivity contribution is 5.98. The summed E-state index contributed by atoms with van der Waals surface area (Å²) in [6, 6.07) is -9.84. The molecule has 0 spiro atoms. The van der Waals surface area contributed by atoms with Gasteiger partial charge in [-0.05, 0) is 49.4 Å². The molecule has 0 aromatic carbocycles. The predicted octanol–water partition coefficient (Wildman–Crippen LogP) is -1.39. The van der Waals surface area contributed by atoms with Gasteiger partial charge in [0.05, 0.1) is 25.2 Å². The number of carboxylic acid groups (broad SMARTS) is 2. The molecule has 0 radical (unpaired) electrons. The molecule has 1 aliphatic rings. The van der Waals surface area contributed by atoms with E-state index in [9.17, 15) is 58.2 Å². The Labute approximate surface area is 412 Å². The van der Waals surface area contributed by atoms with Crippen molar-refractivity contribution in [1.82, 2.24) is 62.1 Å². The van der Waals surface area contributed by atoms with E-state index in [2.05, 4.69) is 57.2 Å². The number of hydrogen-bond acceptors (Lipinski definition) is 13. The molecule has 13 N–H and O–H groups in total. The fourth-order valence-electron chi connectivity index (χ4n) is 7.78. The molecule has 71 heavy (non-hydrogen) atoms. The molecule has 1 aliphatic heterocycles. The van der Waals surface area contributed by atoms with Crippen LogP contribution >= 0.6 is 0 Å². The normalized spacial score (nSPS) is 16.9. The number of H-pyrrole nitrogens is 2. The summed E-state index contributed by atoms with van der Waals surface area (Å²) in [5.41, 5.74) is 7.03. The van der Waals surface area contributed by atoms with Crippen molar-refractivity contribution >= 4 is 59.2 Å². The average molecular weight is 1000 g/mol. The lowest BCUT2D eigenvalue weighted by molar-refractivity contribution is -0.144. The summed E-state index contributed by atoms with van der Waals surface area (Å²) in [6.45, 7) is 13.3. The summed E-state index contributed by atoms with van der Waals surface area (Å²) >= 11 is 0. The van der Waals surface area contributed by atoms with E-state index in [0.717, 1.165) is 0 Å². The average Bonchev–Trinajstić information content (AvgIpc) is 4.13. The number of amides is 8. The summed E-state index contributed by atoms with van der Waals surface area (Å²) in [5, 5.41) is 37.2. The van der Waals surface area contributed by atoms with Gasteiger partial charge in [-0.3, -0.25) is 43.2 Å². The van der Waals surface area contributed by atoms with Gasteiger partial charge in [-0.25, -0.2) is 14.8 Å². The molecule has 2 aromatic rings. The maximum Gasteiger partial charge on any atom is 0.326 e. The second-order valence-electron chi connectivity index (χ2n) is 19.0. The van der Waals surface area contributed by atoms with E-state index in [1.807, 2.05) is 27.7 Å². The minimum absolute atomic E-state index is 0.0307. The van der Waals surface area contributed by atoms with Crippen LogP contribution in [0.15, 0.2) is 25.0 Å². The van der Waals surface area contributed by atoms with Gasteiger partial charge in [0.2, 0.25) is 47.3 Å². The lowest BCUT2D eigenvalue weighted by Gasteiger charge is -2.31. The van der Waals surface area contributed by atoms with Crippen LogP contribution in [0.5, 0.6) is 0 Å². The van der Waals surface area contributed by atoms with E-state index in [0.29, 0.717) is 24.2 Å². The van der Waals surface area contributed by atoms with Crippen LogP contribution in [0.25, 0.3) is 0 Å². The number of rotatable bonds is 29. The Kier molecular flexibility index (Phi) is 23.1. The molecule has 1 fully saturated rings. The standard InChI is InChI=1S/C46H73N13O12/c1-9-26(8)36(47)43(67)55-30(15-23(2)3)40(64)54-32(17-28-19-49-22-52-28)41(65)53-29(12-13-35(61)62)45(69)59-14-10-11-33(59)42(66)58-37(24(4)5)44(68)56-31(16-27-18-48-21-51-27)39(63)50-20-34(60)57-38(25(6)7)46(70)71/h18-19,21-26,29-33,36-38H,9-17,20,47H2,1-8H3,(H,48,51)(H,49,52)(H,50,63)(H,53,65)(H,54,64)(H,55,67)(H,56,68)(H,57,60)(H,58,66)(H,61,62)(H,70,71)/t26-,29-,30-,31-,32-,33-,36-,37-,38-/m0/s1. The second-order valence-corrected chi connectivity index (χ2v) is 19.0. The maximum atomic E-state index is 14.4. The van der Waals surface area contributed by atoms with Gasteiger partial charge in [-0.2, -0.15) is 0 Å². The Morgan fingerprint density at radius 2 is 1.24 bits per heavy atom. The number of likely N-dealkylation sites (tertiary alicyclic amines) is 1. The fourth-order valence-corrected chi connectivity index (χ4v) is 7.78. The van der Waals surface area contributed by atoms with Crippen LogP contribution in [-0.4, -0.2) is 156 Å². The Balaban J connectivity index is 1.83. The highest BCUT2D eigenvalue weighted by atomic mass is 16.4. The van der Waals surface area contributed by atoms with Crippen molar-refractivity contribution in [3.05, 3.63) is 36.4 Å². The van der Waals surface area contributed by atoms with Crippen LogP contribution in [0, 0.1) is 23.7 Å². The van der Waals surface area contributed by atoms with Crippen molar-refractivity contribution < 1.29 is 58.2 Å². The zero-order chi connectivity index (χ0) is 53.1. The Morgan fingerprint density at radius 1 is 0.704 bits per heavy atom. The van der Waals surface area contributed by atoms with Gasteiger partial charge < -0.3 is 68.0 Å². The summed E-state index contributed by atoms with van der Waals surface area (Å²) in [5.74, 6) is -9.84. The third kappa shape index (κ3) is 18.4. The van der Waals surface area contributed by atoms with E-state index in [4.69, 9.17) is 5.73 Å². The molecule has 0 saturated carbocycles. The second kappa shape index (κ2) is 28.1. The molecule has 3 rings (SSSR count). The summed E-state index contributed by atoms with van der Waals surface area (Å²) in [6.07, 6.45) is 5.62.